The molecule has 0 amide bonds. The first-order valence-corrected chi connectivity index (χ1v) is 12.5. The predicted molar refractivity (Wildman–Crippen MR) is 124 cm³/mol. The Morgan fingerprint density at radius 2 is 1.79 bits per heavy atom. The summed E-state index contributed by atoms with van der Waals surface area (Å²) in [4.78, 5) is 0. The van der Waals surface area contributed by atoms with E-state index >= 15 is 0 Å². The van der Waals surface area contributed by atoms with Crippen molar-refractivity contribution in [3.63, 3.8) is 0 Å². The zero-order valence-corrected chi connectivity index (χ0v) is 19.6. The maximum Gasteiger partial charge on any atom is 0.0462 e. The van der Waals surface area contributed by atoms with E-state index in [9.17, 15) is 5.11 Å². The molecule has 162 valence electrons. The first kappa shape index (κ1) is 21.4. The smallest absolute Gasteiger partial charge is 0.0462 e. The Morgan fingerprint density at radius 3 is 2.55 bits per heavy atom. The second-order valence-corrected chi connectivity index (χ2v) is 11.6. The van der Waals surface area contributed by atoms with Gasteiger partial charge in [-0.05, 0) is 91.3 Å². The molecule has 0 saturated heterocycles. The molecule has 0 radical (unpaired) electrons. The Kier molecular flexibility index (Phi) is 5.93. The normalized spacial score (nSPS) is 42.3. The van der Waals surface area contributed by atoms with E-state index < -0.39 is 0 Å². The standard InChI is InChI=1S/C28H44O/c1-19(21(3)18-29)9-10-20(2)24-13-14-25-23-12-11-22-8-6-7-16-27(22,4)26(23)15-17-28(24,25)5/h9-12,19-21,24-26,29H,6-8,13-18H2,1-5H3/t19-,20+,21?,24+,25-,26-,27-,28+/m0/s1. The van der Waals surface area contributed by atoms with E-state index in [1.54, 1.807) is 5.57 Å². The lowest BCUT2D eigenvalue weighted by Crippen LogP contribution is -2.45. The molecule has 4 aliphatic rings. The van der Waals surface area contributed by atoms with E-state index in [1.165, 1.54) is 51.4 Å². The second kappa shape index (κ2) is 8.03. The maximum atomic E-state index is 9.45. The third-order valence-electron chi connectivity index (χ3n) is 10.1. The van der Waals surface area contributed by atoms with Crippen molar-refractivity contribution in [2.24, 2.45) is 46.3 Å². The Hall–Kier alpha value is -0.820. The van der Waals surface area contributed by atoms with Crippen molar-refractivity contribution in [2.45, 2.75) is 86.0 Å². The molecule has 0 spiro atoms. The van der Waals surface area contributed by atoms with E-state index in [0.29, 0.717) is 28.6 Å². The zero-order valence-electron chi connectivity index (χ0n) is 19.6. The number of aliphatic hydroxyl groups excluding tert-OH is 1. The lowest BCUT2D eigenvalue weighted by atomic mass is 9.50. The lowest BCUT2D eigenvalue weighted by molar-refractivity contribution is 0.0575. The van der Waals surface area contributed by atoms with Crippen molar-refractivity contribution >= 4 is 0 Å². The van der Waals surface area contributed by atoms with Crippen LogP contribution in [0.15, 0.2) is 35.5 Å². The third kappa shape index (κ3) is 3.50. The SMILES string of the molecule is CC(CO)[C@@H](C)C=C[C@@H](C)[C@H]1CC[C@H]2C3=CC=C4CCCC[C@]4(C)[C@H]3CC[C@]12C. The van der Waals surface area contributed by atoms with Crippen molar-refractivity contribution in [1.82, 2.24) is 0 Å². The van der Waals surface area contributed by atoms with Gasteiger partial charge in [0, 0.05) is 6.61 Å². The van der Waals surface area contributed by atoms with Gasteiger partial charge in [0.2, 0.25) is 0 Å². The minimum atomic E-state index is 0.285. The molecule has 3 fully saturated rings. The highest BCUT2D eigenvalue weighted by atomic mass is 16.3. The summed E-state index contributed by atoms with van der Waals surface area (Å²) >= 11 is 0. The molecule has 3 saturated carbocycles. The molecule has 8 atom stereocenters. The molecule has 0 aromatic heterocycles. The summed E-state index contributed by atoms with van der Waals surface area (Å²) in [5.74, 6) is 3.86. The van der Waals surface area contributed by atoms with E-state index in [0.717, 1.165) is 17.8 Å². The number of hydrogen-bond acceptors (Lipinski definition) is 1. The first-order chi connectivity index (χ1) is 13.8. The van der Waals surface area contributed by atoms with Crippen LogP contribution in [0.5, 0.6) is 0 Å². The van der Waals surface area contributed by atoms with Crippen molar-refractivity contribution in [1.29, 1.82) is 0 Å². The van der Waals surface area contributed by atoms with Gasteiger partial charge in [0.15, 0.2) is 0 Å². The van der Waals surface area contributed by atoms with Crippen LogP contribution in [0.4, 0.5) is 0 Å². The minimum absolute atomic E-state index is 0.285. The maximum absolute atomic E-state index is 9.45. The molecule has 0 aromatic rings. The van der Waals surface area contributed by atoms with E-state index in [2.05, 4.69) is 58.9 Å². The van der Waals surface area contributed by atoms with Crippen molar-refractivity contribution in [2.75, 3.05) is 6.61 Å². The Balaban J connectivity index is 1.54. The van der Waals surface area contributed by atoms with Gasteiger partial charge in [0.1, 0.15) is 0 Å². The monoisotopic (exact) mass is 396 g/mol. The number of hydrogen-bond donors (Lipinski definition) is 1. The molecule has 29 heavy (non-hydrogen) atoms. The predicted octanol–water partition coefficient (Wildman–Crippen LogP) is 7.33. The van der Waals surface area contributed by atoms with Crippen LogP contribution < -0.4 is 0 Å². The summed E-state index contributed by atoms with van der Waals surface area (Å²) in [6, 6.07) is 0. The summed E-state index contributed by atoms with van der Waals surface area (Å²) in [6.45, 7) is 12.4. The highest BCUT2D eigenvalue weighted by Gasteiger charge is 2.56. The highest BCUT2D eigenvalue weighted by molar-refractivity contribution is 5.38. The molecule has 0 heterocycles. The van der Waals surface area contributed by atoms with Gasteiger partial charge in [-0.1, -0.05) is 76.5 Å². The van der Waals surface area contributed by atoms with Crippen LogP contribution in [0.1, 0.15) is 86.0 Å². The minimum Gasteiger partial charge on any atom is -0.396 e. The molecule has 1 nitrogen and oxygen atoms in total. The summed E-state index contributed by atoms with van der Waals surface area (Å²) < 4.78 is 0. The number of fused-ring (bicyclic) bond motifs is 5. The van der Waals surface area contributed by atoms with Gasteiger partial charge in [0.25, 0.3) is 0 Å². The lowest BCUT2D eigenvalue weighted by Gasteiger charge is -2.54. The molecule has 0 aromatic carbocycles. The van der Waals surface area contributed by atoms with E-state index in [4.69, 9.17) is 0 Å². The average Bonchev–Trinajstić information content (AvgIpc) is 3.08. The Morgan fingerprint density at radius 1 is 1.00 bits per heavy atom. The van der Waals surface area contributed by atoms with Gasteiger partial charge >= 0.3 is 0 Å². The summed E-state index contributed by atoms with van der Waals surface area (Å²) in [5, 5.41) is 9.45. The summed E-state index contributed by atoms with van der Waals surface area (Å²) in [6.07, 6.45) is 21.2. The Bertz CT molecular complexity index is 699. The molecule has 1 unspecified atom stereocenters. The fourth-order valence-corrected chi connectivity index (χ4v) is 7.78. The largest absolute Gasteiger partial charge is 0.396 e. The number of rotatable bonds is 5. The fraction of sp³-hybridized carbons (Fsp3) is 0.786. The topological polar surface area (TPSA) is 20.2 Å². The molecular weight excluding hydrogens is 352 g/mol. The van der Waals surface area contributed by atoms with Crippen molar-refractivity contribution in [3.05, 3.63) is 35.5 Å². The Labute approximate surface area is 179 Å². The zero-order chi connectivity index (χ0) is 20.8. The van der Waals surface area contributed by atoms with Gasteiger partial charge in [-0.3, -0.25) is 0 Å². The van der Waals surface area contributed by atoms with E-state index in [-0.39, 0.29) is 6.61 Å². The van der Waals surface area contributed by atoms with Crippen LogP contribution in [0, 0.1) is 46.3 Å². The molecule has 0 aliphatic heterocycles. The number of allylic oxidation sites excluding steroid dienone is 6. The highest BCUT2D eigenvalue weighted by Crippen LogP contribution is 2.65. The number of aliphatic hydroxyl groups is 1. The third-order valence-corrected chi connectivity index (χ3v) is 10.1. The van der Waals surface area contributed by atoms with Crippen LogP contribution in [0.2, 0.25) is 0 Å². The molecule has 4 rings (SSSR count). The van der Waals surface area contributed by atoms with E-state index in [1.807, 2.05) is 5.57 Å². The first-order valence-electron chi connectivity index (χ1n) is 12.5. The van der Waals surface area contributed by atoms with Gasteiger partial charge in [-0.2, -0.15) is 0 Å². The van der Waals surface area contributed by atoms with Gasteiger partial charge in [-0.25, -0.2) is 0 Å². The fourth-order valence-electron chi connectivity index (χ4n) is 7.78. The summed E-state index contributed by atoms with van der Waals surface area (Å²) in [5.41, 5.74) is 4.52. The quantitative estimate of drug-likeness (QED) is 0.482. The van der Waals surface area contributed by atoms with Gasteiger partial charge < -0.3 is 5.11 Å². The van der Waals surface area contributed by atoms with Gasteiger partial charge in [-0.15, -0.1) is 0 Å². The average molecular weight is 397 g/mol. The van der Waals surface area contributed by atoms with Crippen molar-refractivity contribution in [3.8, 4) is 0 Å². The second-order valence-electron chi connectivity index (χ2n) is 11.6. The van der Waals surface area contributed by atoms with Crippen LogP contribution in [0.25, 0.3) is 0 Å². The van der Waals surface area contributed by atoms with Crippen LogP contribution in [0.3, 0.4) is 0 Å². The molecular formula is C28H44O. The molecule has 1 N–H and O–H groups in total. The molecule has 4 aliphatic carbocycles. The van der Waals surface area contributed by atoms with Crippen molar-refractivity contribution < 1.29 is 5.11 Å². The van der Waals surface area contributed by atoms with Crippen LogP contribution in [-0.2, 0) is 0 Å². The molecule has 0 bridgehead atoms. The summed E-state index contributed by atoms with van der Waals surface area (Å²) in [7, 11) is 0. The van der Waals surface area contributed by atoms with Crippen LogP contribution in [-0.4, -0.2) is 11.7 Å². The van der Waals surface area contributed by atoms with Gasteiger partial charge in [0.05, 0.1) is 0 Å². The molecule has 1 heteroatoms. The van der Waals surface area contributed by atoms with Crippen LogP contribution >= 0.6 is 0 Å².